The van der Waals surface area contributed by atoms with Crippen molar-refractivity contribution in [1.82, 2.24) is 0 Å². The Balaban J connectivity index is 1.90. The second-order valence-corrected chi connectivity index (χ2v) is 4.10. The molecule has 0 unspecified atom stereocenters. The first-order valence-corrected chi connectivity index (χ1v) is 4.93. The molecular formula is C11H13BNO2. The zero-order chi connectivity index (χ0) is 10.7. The number of benzene rings is 1. The molecule has 1 radical (unpaired) electrons. The van der Waals surface area contributed by atoms with E-state index in [0.29, 0.717) is 12.4 Å². The van der Waals surface area contributed by atoms with Crippen molar-refractivity contribution in [3.63, 3.8) is 0 Å². The van der Waals surface area contributed by atoms with Crippen molar-refractivity contribution in [3.8, 4) is 5.75 Å². The van der Waals surface area contributed by atoms with Crippen LogP contribution in [0.5, 0.6) is 5.75 Å². The lowest BCUT2D eigenvalue weighted by Gasteiger charge is -2.08. The second-order valence-electron chi connectivity index (χ2n) is 4.10. The fourth-order valence-corrected chi connectivity index (χ4v) is 1.29. The van der Waals surface area contributed by atoms with Crippen LogP contribution < -0.4 is 4.65 Å². The van der Waals surface area contributed by atoms with E-state index in [1.54, 1.807) is 7.48 Å². The summed E-state index contributed by atoms with van der Waals surface area (Å²) in [6.45, 7) is 4.66. The summed E-state index contributed by atoms with van der Waals surface area (Å²) in [4.78, 5) is 4.35. The SMILES string of the molecule is CC1(C)COC([B]Oc2ccccc2)=N1. The van der Waals surface area contributed by atoms with Crippen LogP contribution in [0.3, 0.4) is 0 Å². The first kappa shape index (κ1) is 10.1. The Bertz CT molecular complexity index is 362. The normalized spacial score (nSPS) is 17.9. The number of aliphatic imine (C=N–C) groups is 1. The van der Waals surface area contributed by atoms with Gasteiger partial charge in [0, 0.05) is 0 Å². The summed E-state index contributed by atoms with van der Waals surface area (Å²) in [5.41, 5.74) is -0.133. The number of rotatable bonds is 3. The zero-order valence-electron chi connectivity index (χ0n) is 8.93. The molecule has 77 valence electrons. The average molecular weight is 202 g/mol. The molecule has 1 heterocycles. The van der Waals surface area contributed by atoms with E-state index in [9.17, 15) is 0 Å². The molecule has 1 aliphatic rings. The molecule has 0 saturated carbocycles. The zero-order valence-corrected chi connectivity index (χ0v) is 8.93. The largest absolute Gasteiger partial charge is 0.554 e. The van der Waals surface area contributed by atoms with Crippen molar-refractivity contribution < 1.29 is 9.39 Å². The topological polar surface area (TPSA) is 30.8 Å². The number of hydrogen-bond acceptors (Lipinski definition) is 3. The molecule has 0 spiro atoms. The summed E-state index contributed by atoms with van der Waals surface area (Å²) in [6, 6.07) is 9.56. The van der Waals surface area contributed by atoms with Crippen LogP contribution in [0, 0.1) is 0 Å². The van der Waals surface area contributed by atoms with Crippen LogP contribution in [-0.2, 0) is 4.74 Å². The third-order valence-corrected chi connectivity index (χ3v) is 2.03. The fourth-order valence-electron chi connectivity index (χ4n) is 1.29. The van der Waals surface area contributed by atoms with Crippen molar-refractivity contribution >= 4 is 13.3 Å². The van der Waals surface area contributed by atoms with Gasteiger partial charge in [0.2, 0.25) is 0 Å². The minimum absolute atomic E-state index is 0.133. The Labute approximate surface area is 90.4 Å². The van der Waals surface area contributed by atoms with Crippen molar-refractivity contribution in [3.05, 3.63) is 30.3 Å². The predicted octanol–water partition coefficient (Wildman–Crippen LogP) is 1.85. The smallest absolute Gasteiger partial charge is 0.476 e. The molecule has 0 atom stereocenters. The Morgan fingerprint density at radius 3 is 2.67 bits per heavy atom. The van der Waals surface area contributed by atoms with Gasteiger partial charge in [-0.3, -0.25) is 4.99 Å². The van der Waals surface area contributed by atoms with E-state index in [0.717, 1.165) is 5.75 Å². The molecule has 3 nitrogen and oxygen atoms in total. The van der Waals surface area contributed by atoms with E-state index in [2.05, 4.69) is 4.99 Å². The molecule has 1 aromatic carbocycles. The van der Waals surface area contributed by atoms with E-state index >= 15 is 0 Å². The van der Waals surface area contributed by atoms with Gasteiger partial charge < -0.3 is 9.39 Å². The molecule has 1 aliphatic heterocycles. The van der Waals surface area contributed by atoms with Crippen molar-refractivity contribution in [2.24, 2.45) is 4.99 Å². The lowest BCUT2D eigenvalue weighted by Crippen LogP contribution is -2.17. The molecule has 0 aromatic heterocycles. The van der Waals surface area contributed by atoms with Crippen LogP contribution >= 0.6 is 0 Å². The lowest BCUT2D eigenvalue weighted by molar-refractivity contribution is 0.281. The highest BCUT2D eigenvalue weighted by atomic mass is 16.5. The molecule has 2 rings (SSSR count). The van der Waals surface area contributed by atoms with Crippen LogP contribution in [-0.4, -0.2) is 25.4 Å². The Kier molecular flexibility index (Phi) is 2.67. The summed E-state index contributed by atoms with van der Waals surface area (Å²) in [6.07, 6.45) is 0. The number of hydrogen-bond donors (Lipinski definition) is 0. The Morgan fingerprint density at radius 2 is 2.07 bits per heavy atom. The van der Waals surface area contributed by atoms with Gasteiger partial charge in [-0.05, 0) is 26.0 Å². The Morgan fingerprint density at radius 1 is 1.33 bits per heavy atom. The van der Waals surface area contributed by atoms with Gasteiger partial charge in [0.1, 0.15) is 6.61 Å². The third kappa shape index (κ3) is 2.75. The van der Waals surface area contributed by atoms with Crippen molar-refractivity contribution in [2.45, 2.75) is 19.4 Å². The lowest BCUT2D eigenvalue weighted by atomic mass is 10.0. The quantitative estimate of drug-likeness (QED) is 0.700. The molecule has 15 heavy (non-hydrogen) atoms. The van der Waals surface area contributed by atoms with Gasteiger partial charge in [0.05, 0.1) is 11.3 Å². The van der Waals surface area contributed by atoms with Gasteiger partial charge in [-0.25, -0.2) is 0 Å². The van der Waals surface area contributed by atoms with Gasteiger partial charge in [-0.15, -0.1) is 0 Å². The molecule has 1 aromatic rings. The highest BCUT2D eigenvalue weighted by Crippen LogP contribution is 2.17. The first-order chi connectivity index (χ1) is 7.16. The fraction of sp³-hybridized carbons (Fsp3) is 0.364. The summed E-state index contributed by atoms with van der Waals surface area (Å²) in [5, 5.41) is 0. The Hall–Kier alpha value is -1.45. The summed E-state index contributed by atoms with van der Waals surface area (Å²) < 4.78 is 10.8. The molecule has 0 saturated heterocycles. The van der Waals surface area contributed by atoms with Gasteiger partial charge >= 0.3 is 7.48 Å². The van der Waals surface area contributed by atoms with Crippen LogP contribution in [0.2, 0.25) is 0 Å². The minimum Gasteiger partial charge on any atom is -0.554 e. The van der Waals surface area contributed by atoms with Crippen LogP contribution in [0.4, 0.5) is 0 Å². The molecule has 0 bridgehead atoms. The summed E-state index contributed by atoms with van der Waals surface area (Å²) in [5.74, 6) is 1.34. The predicted molar refractivity (Wildman–Crippen MR) is 60.3 cm³/mol. The van der Waals surface area contributed by atoms with Gasteiger partial charge in [-0.2, -0.15) is 0 Å². The maximum absolute atomic E-state index is 5.40. The maximum Gasteiger partial charge on any atom is 0.476 e. The third-order valence-electron chi connectivity index (χ3n) is 2.03. The molecule has 0 amide bonds. The van der Waals surface area contributed by atoms with Gasteiger partial charge in [0.25, 0.3) is 0 Å². The monoisotopic (exact) mass is 202 g/mol. The van der Waals surface area contributed by atoms with Crippen LogP contribution in [0.25, 0.3) is 0 Å². The number of para-hydroxylation sites is 1. The van der Waals surface area contributed by atoms with E-state index in [1.807, 2.05) is 44.2 Å². The van der Waals surface area contributed by atoms with E-state index in [1.165, 1.54) is 0 Å². The molecular weight excluding hydrogens is 189 g/mol. The highest BCUT2D eigenvalue weighted by molar-refractivity contribution is 6.69. The van der Waals surface area contributed by atoms with Crippen molar-refractivity contribution in [2.75, 3.05) is 6.61 Å². The van der Waals surface area contributed by atoms with E-state index < -0.39 is 0 Å². The maximum atomic E-state index is 5.40. The molecule has 0 fully saturated rings. The second kappa shape index (κ2) is 3.97. The highest BCUT2D eigenvalue weighted by Gasteiger charge is 2.27. The van der Waals surface area contributed by atoms with E-state index in [-0.39, 0.29) is 5.54 Å². The minimum atomic E-state index is -0.133. The molecule has 0 aliphatic carbocycles. The van der Waals surface area contributed by atoms with Crippen molar-refractivity contribution in [1.29, 1.82) is 0 Å². The first-order valence-electron chi connectivity index (χ1n) is 4.93. The van der Waals surface area contributed by atoms with Gasteiger partial charge in [-0.1, -0.05) is 18.2 Å². The summed E-state index contributed by atoms with van der Waals surface area (Å²) >= 11 is 0. The van der Waals surface area contributed by atoms with Gasteiger partial charge in [0.15, 0.2) is 5.80 Å². The number of nitrogens with zero attached hydrogens (tertiary/aromatic N) is 1. The number of ether oxygens (including phenoxy) is 1. The molecule has 0 N–H and O–H groups in total. The summed E-state index contributed by atoms with van der Waals surface area (Å²) in [7, 11) is 1.55. The van der Waals surface area contributed by atoms with Crippen LogP contribution in [0.1, 0.15) is 13.8 Å². The van der Waals surface area contributed by atoms with Crippen LogP contribution in [0.15, 0.2) is 35.3 Å². The van der Waals surface area contributed by atoms with E-state index in [4.69, 9.17) is 9.39 Å². The standard InChI is InChI=1S/C11H13BNO2/c1-11(2)8-14-10(13-11)12-15-9-6-4-3-5-7-9/h3-7H,8H2,1-2H3. The molecule has 4 heteroatoms. The average Bonchev–Trinajstić information content (AvgIpc) is 2.57.